The summed E-state index contributed by atoms with van der Waals surface area (Å²) < 4.78 is 71.2. The molecule has 0 unspecified atom stereocenters. The number of rotatable bonds is 12. The molecule has 0 aliphatic carbocycles. The normalized spacial score (nSPS) is 12.5. The predicted molar refractivity (Wildman–Crippen MR) is 140 cm³/mol. The zero-order valence-corrected chi connectivity index (χ0v) is 23.1. The van der Waals surface area contributed by atoms with Gasteiger partial charge in [-0.2, -0.15) is 13.2 Å². The van der Waals surface area contributed by atoms with Crippen molar-refractivity contribution in [2.24, 2.45) is 0 Å². The number of carbonyl (C=O) groups is 2. The second-order valence-corrected chi connectivity index (χ2v) is 10.9. The second kappa shape index (κ2) is 13.2. The molecule has 2 rings (SSSR count). The highest BCUT2D eigenvalue weighted by Crippen LogP contribution is 2.37. The lowest BCUT2D eigenvalue weighted by Gasteiger charge is -2.31. The number of unbranched alkanes of at least 4 members (excludes halogenated alkanes) is 1. The van der Waals surface area contributed by atoms with Gasteiger partial charge in [-0.25, -0.2) is 8.42 Å². The number of ether oxygens (including phenoxy) is 1. The van der Waals surface area contributed by atoms with Crippen LogP contribution in [0.25, 0.3) is 0 Å². The van der Waals surface area contributed by atoms with E-state index in [0.717, 1.165) is 31.2 Å². The maximum atomic E-state index is 13.5. The lowest BCUT2D eigenvalue weighted by Crippen LogP contribution is -2.51. The van der Waals surface area contributed by atoms with Gasteiger partial charge in [-0.1, -0.05) is 37.1 Å². The minimum absolute atomic E-state index is 0.0789. The SMILES string of the molecule is CCCCNC(=O)[C@H](C)N(Cc1cccc(OC)c1)C(=O)CN(c1ccc(Cl)c(C(F)(F)F)c1)S(C)(=O)=O. The third-order valence-corrected chi connectivity index (χ3v) is 7.18. The second-order valence-electron chi connectivity index (χ2n) is 8.63. The van der Waals surface area contributed by atoms with Crippen molar-refractivity contribution in [2.45, 2.75) is 45.5 Å². The van der Waals surface area contributed by atoms with Gasteiger partial charge in [-0.15, -0.1) is 0 Å². The average Bonchev–Trinajstić information content (AvgIpc) is 2.84. The Morgan fingerprint density at radius 3 is 2.42 bits per heavy atom. The quantitative estimate of drug-likeness (QED) is 0.376. The van der Waals surface area contributed by atoms with Crippen molar-refractivity contribution >= 4 is 39.1 Å². The van der Waals surface area contributed by atoms with Crippen LogP contribution in [0.1, 0.15) is 37.8 Å². The largest absolute Gasteiger partial charge is 0.497 e. The van der Waals surface area contributed by atoms with Crippen LogP contribution in [0.3, 0.4) is 0 Å². The smallest absolute Gasteiger partial charge is 0.417 e. The summed E-state index contributed by atoms with van der Waals surface area (Å²) in [6.07, 6.45) is -2.51. The standard InChI is InChI=1S/C25H31ClF3N3O5S/c1-5-6-12-30-24(34)17(2)31(15-18-8-7-9-20(13-18)37-3)23(33)16-32(38(4,35)36)19-10-11-22(26)21(14-19)25(27,28)29/h7-11,13-14,17H,5-6,12,15-16H2,1-4H3,(H,30,34)/t17-/m0/s1. The summed E-state index contributed by atoms with van der Waals surface area (Å²) in [7, 11) is -2.74. The van der Waals surface area contributed by atoms with Crippen molar-refractivity contribution in [1.29, 1.82) is 0 Å². The fourth-order valence-electron chi connectivity index (χ4n) is 3.59. The molecule has 0 aliphatic rings. The number of nitrogens with zero attached hydrogens (tertiary/aromatic N) is 2. The first kappa shape index (κ1) is 31.2. The van der Waals surface area contributed by atoms with Crippen molar-refractivity contribution in [3.05, 3.63) is 58.6 Å². The molecule has 0 saturated carbocycles. The van der Waals surface area contributed by atoms with Crippen LogP contribution in [0.4, 0.5) is 18.9 Å². The number of anilines is 1. The van der Waals surface area contributed by atoms with E-state index in [1.54, 1.807) is 24.3 Å². The molecule has 8 nitrogen and oxygen atoms in total. The zero-order valence-electron chi connectivity index (χ0n) is 21.5. The van der Waals surface area contributed by atoms with Gasteiger partial charge < -0.3 is 15.0 Å². The van der Waals surface area contributed by atoms with E-state index in [0.29, 0.717) is 28.2 Å². The van der Waals surface area contributed by atoms with Crippen LogP contribution in [-0.2, 0) is 32.3 Å². The Kier molecular flexibility index (Phi) is 10.8. The molecule has 2 aromatic carbocycles. The Balaban J connectivity index is 2.46. The number of hydrogen-bond donors (Lipinski definition) is 1. The minimum Gasteiger partial charge on any atom is -0.497 e. The Bertz CT molecular complexity index is 1240. The van der Waals surface area contributed by atoms with E-state index in [4.69, 9.17) is 16.3 Å². The molecular weight excluding hydrogens is 547 g/mol. The molecule has 0 aromatic heterocycles. The summed E-state index contributed by atoms with van der Waals surface area (Å²) >= 11 is 5.68. The molecule has 210 valence electrons. The summed E-state index contributed by atoms with van der Waals surface area (Å²) in [6, 6.07) is 8.31. The number of halogens is 4. The minimum atomic E-state index is -4.84. The Morgan fingerprint density at radius 2 is 1.84 bits per heavy atom. The van der Waals surface area contributed by atoms with Crippen LogP contribution in [0.5, 0.6) is 5.75 Å². The summed E-state index contributed by atoms with van der Waals surface area (Å²) in [5.74, 6) is -0.736. The van der Waals surface area contributed by atoms with Gasteiger partial charge >= 0.3 is 6.18 Å². The molecule has 1 atom stereocenters. The van der Waals surface area contributed by atoms with Gasteiger partial charge in [0, 0.05) is 13.1 Å². The highest BCUT2D eigenvalue weighted by molar-refractivity contribution is 7.92. The molecule has 1 N–H and O–H groups in total. The summed E-state index contributed by atoms with van der Waals surface area (Å²) in [6.45, 7) is 2.92. The van der Waals surface area contributed by atoms with Gasteiger partial charge in [0.25, 0.3) is 0 Å². The van der Waals surface area contributed by atoms with Gasteiger partial charge in [-0.05, 0) is 49.2 Å². The number of nitrogens with one attached hydrogen (secondary N) is 1. The molecule has 13 heteroatoms. The summed E-state index contributed by atoms with van der Waals surface area (Å²) in [5, 5.41) is 2.13. The molecule has 0 aliphatic heterocycles. The fourth-order valence-corrected chi connectivity index (χ4v) is 4.65. The van der Waals surface area contributed by atoms with Crippen LogP contribution in [0.15, 0.2) is 42.5 Å². The highest BCUT2D eigenvalue weighted by Gasteiger charge is 2.35. The number of carbonyl (C=O) groups excluding carboxylic acids is 2. The average molecular weight is 578 g/mol. The number of hydrogen-bond acceptors (Lipinski definition) is 5. The first-order valence-electron chi connectivity index (χ1n) is 11.7. The zero-order chi connectivity index (χ0) is 28.7. The van der Waals surface area contributed by atoms with Gasteiger partial charge in [0.1, 0.15) is 18.3 Å². The molecule has 2 amide bonds. The Morgan fingerprint density at radius 1 is 1.16 bits per heavy atom. The number of sulfonamides is 1. The maximum absolute atomic E-state index is 13.5. The van der Waals surface area contributed by atoms with Crippen LogP contribution < -0.4 is 14.4 Å². The van der Waals surface area contributed by atoms with Gasteiger partial charge in [0.05, 0.1) is 29.6 Å². The van der Waals surface area contributed by atoms with E-state index in [2.05, 4.69) is 5.32 Å². The monoisotopic (exact) mass is 577 g/mol. The fraction of sp³-hybridized carbons (Fsp3) is 0.440. The molecule has 38 heavy (non-hydrogen) atoms. The van der Waals surface area contributed by atoms with E-state index in [9.17, 15) is 31.2 Å². The van der Waals surface area contributed by atoms with E-state index >= 15 is 0 Å². The number of methoxy groups -OCH3 is 1. The molecule has 0 radical (unpaired) electrons. The molecule has 0 saturated heterocycles. The van der Waals surface area contributed by atoms with Crippen LogP contribution in [0, 0.1) is 0 Å². The van der Waals surface area contributed by atoms with Crippen LogP contribution in [-0.4, -0.2) is 57.6 Å². The maximum Gasteiger partial charge on any atom is 0.417 e. The van der Waals surface area contributed by atoms with Crippen molar-refractivity contribution in [1.82, 2.24) is 10.2 Å². The molecular formula is C25H31ClF3N3O5S. The first-order chi connectivity index (χ1) is 17.7. The van der Waals surface area contributed by atoms with Crippen LogP contribution in [0.2, 0.25) is 5.02 Å². The van der Waals surface area contributed by atoms with E-state index in [1.165, 1.54) is 18.9 Å². The van der Waals surface area contributed by atoms with Crippen LogP contribution >= 0.6 is 11.6 Å². The molecule has 0 heterocycles. The van der Waals surface area contributed by atoms with Gasteiger partial charge in [0.2, 0.25) is 21.8 Å². The molecule has 0 spiro atoms. The lowest BCUT2D eigenvalue weighted by molar-refractivity contribution is -0.139. The van der Waals surface area contributed by atoms with Crippen molar-refractivity contribution in [2.75, 3.05) is 30.8 Å². The lowest BCUT2D eigenvalue weighted by atomic mass is 10.1. The van der Waals surface area contributed by atoms with Crippen molar-refractivity contribution < 1.29 is 35.9 Å². The number of amides is 2. The highest BCUT2D eigenvalue weighted by atomic mass is 35.5. The Labute approximate surface area is 225 Å². The first-order valence-corrected chi connectivity index (χ1v) is 14.0. The van der Waals surface area contributed by atoms with Crippen molar-refractivity contribution in [3.63, 3.8) is 0 Å². The van der Waals surface area contributed by atoms with Gasteiger partial charge in [-0.3, -0.25) is 13.9 Å². The third-order valence-electron chi connectivity index (χ3n) is 5.71. The number of benzene rings is 2. The number of alkyl halides is 3. The molecule has 2 aromatic rings. The summed E-state index contributed by atoms with van der Waals surface area (Å²) in [4.78, 5) is 27.5. The van der Waals surface area contributed by atoms with Gasteiger partial charge in [0.15, 0.2) is 0 Å². The van der Waals surface area contributed by atoms with E-state index in [-0.39, 0.29) is 12.2 Å². The molecule has 0 bridgehead atoms. The Hall–Kier alpha value is -2.99. The third kappa shape index (κ3) is 8.52. The van der Waals surface area contributed by atoms with Crippen molar-refractivity contribution in [3.8, 4) is 5.75 Å². The predicted octanol–water partition coefficient (Wildman–Crippen LogP) is 4.47. The van der Waals surface area contributed by atoms with E-state index in [1.807, 2.05) is 6.92 Å². The summed E-state index contributed by atoms with van der Waals surface area (Å²) in [5.41, 5.74) is -1.03. The topological polar surface area (TPSA) is 96.0 Å². The molecule has 0 fully saturated rings. The van der Waals surface area contributed by atoms with E-state index < -0.39 is 51.2 Å².